The van der Waals surface area contributed by atoms with Crippen LogP contribution in [0.2, 0.25) is 0 Å². The lowest BCUT2D eigenvalue weighted by molar-refractivity contribution is 0.0827. The van der Waals surface area contributed by atoms with Gasteiger partial charge in [-0.1, -0.05) is 13.8 Å². The molecule has 15 heavy (non-hydrogen) atoms. The van der Waals surface area contributed by atoms with Gasteiger partial charge in [-0.25, -0.2) is 0 Å². The first-order chi connectivity index (χ1) is 7.15. The standard InChI is InChI=1S/C10H14N2O.C2H6/c1-11-9-6-4-8(5-7-9)10(13)12(2)3;1-2/h4-7,11H,1-3H3;1-2H3. The number of nitrogens with zero attached hydrogens (tertiary/aromatic N) is 1. The van der Waals surface area contributed by atoms with Gasteiger partial charge in [0.05, 0.1) is 0 Å². The van der Waals surface area contributed by atoms with Gasteiger partial charge in [0.1, 0.15) is 0 Å². The summed E-state index contributed by atoms with van der Waals surface area (Å²) in [4.78, 5) is 13.0. The molecule has 0 atom stereocenters. The van der Waals surface area contributed by atoms with E-state index in [0.717, 1.165) is 5.69 Å². The zero-order chi connectivity index (χ0) is 11.8. The van der Waals surface area contributed by atoms with E-state index in [9.17, 15) is 4.79 Å². The summed E-state index contributed by atoms with van der Waals surface area (Å²) in [7, 11) is 5.34. The van der Waals surface area contributed by atoms with Crippen molar-refractivity contribution in [1.29, 1.82) is 0 Å². The fourth-order valence-corrected chi connectivity index (χ4v) is 1.04. The van der Waals surface area contributed by atoms with Crippen LogP contribution in [0.5, 0.6) is 0 Å². The van der Waals surface area contributed by atoms with E-state index in [2.05, 4.69) is 5.32 Å². The Balaban J connectivity index is 0.000000921. The maximum atomic E-state index is 11.4. The molecule has 1 amide bonds. The van der Waals surface area contributed by atoms with Gasteiger partial charge in [0.25, 0.3) is 5.91 Å². The van der Waals surface area contributed by atoms with Crippen molar-refractivity contribution in [2.24, 2.45) is 0 Å². The van der Waals surface area contributed by atoms with Gasteiger partial charge in [-0.3, -0.25) is 4.79 Å². The Labute approximate surface area is 92.1 Å². The Kier molecular flexibility index (Phi) is 6.18. The van der Waals surface area contributed by atoms with Gasteiger partial charge in [-0.2, -0.15) is 0 Å². The number of hydrogen-bond acceptors (Lipinski definition) is 2. The minimum Gasteiger partial charge on any atom is -0.388 e. The molecule has 0 aliphatic heterocycles. The lowest BCUT2D eigenvalue weighted by Gasteiger charge is -2.10. The molecule has 0 fully saturated rings. The number of nitrogens with one attached hydrogen (secondary N) is 1. The molecule has 1 N–H and O–H groups in total. The molecule has 3 heteroatoms. The van der Waals surface area contributed by atoms with E-state index in [0.29, 0.717) is 5.56 Å². The molecule has 1 rings (SSSR count). The third-order valence-electron chi connectivity index (χ3n) is 1.83. The van der Waals surface area contributed by atoms with Crippen molar-refractivity contribution in [2.75, 3.05) is 26.5 Å². The maximum Gasteiger partial charge on any atom is 0.253 e. The van der Waals surface area contributed by atoms with E-state index < -0.39 is 0 Å². The molecule has 0 aliphatic rings. The van der Waals surface area contributed by atoms with Crippen molar-refractivity contribution in [2.45, 2.75) is 13.8 Å². The molecule has 1 aromatic carbocycles. The van der Waals surface area contributed by atoms with Crippen LogP contribution < -0.4 is 5.32 Å². The molecule has 0 spiro atoms. The molecular formula is C12H20N2O. The summed E-state index contributed by atoms with van der Waals surface area (Å²) in [5.74, 6) is 0.0302. The van der Waals surface area contributed by atoms with Crippen LogP contribution in [0.4, 0.5) is 5.69 Å². The van der Waals surface area contributed by atoms with Crippen LogP contribution >= 0.6 is 0 Å². The van der Waals surface area contributed by atoms with Crippen LogP contribution in [0.15, 0.2) is 24.3 Å². The number of anilines is 1. The molecule has 0 bridgehead atoms. The lowest BCUT2D eigenvalue weighted by Crippen LogP contribution is -2.21. The van der Waals surface area contributed by atoms with Crippen molar-refractivity contribution in [3.05, 3.63) is 29.8 Å². The second-order valence-corrected chi connectivity index (χ2v) is 3.03. The highest BCUT2D eigenvalue weighted by Gasteiger charge is 2.06. The van der Waals surface area contributed by atoms with Gasteiger partial charge in [0, 0.05) is 32.4 Å². The highest BCUT2D eigenvalue weighted by atomic mass is 16.2. The Morgan fingerprint density at radius 1 is 1.13 bits per heavy atom. The Hall–Kier alpha value is -1.51. The predicted octanol–water partition coefficient (Wildman–Crippen LogP) is 2.46. The summed E-state index contributed by atoms with van der Waals surface area (Å²) in [5, 5.41) is 3.00. The number of carbonyl (C=O) groups excluding carboxylic acids is 1. The van der Waals surface area contributed by atoms with Crippen molar-refractivity contribution in [1.82, 2.24) is 4.90 Å². The molecule has 0 aliphatic carbocycles. The fraction of sp³-hybridized carbons (Fsp3) is 0.417. The maximum absolute atomic E-state index is 11.4. The molecule has 0 saturated carbocycles. The van der Waals surface area contributed by atoms with Gasteiger partial charge in [0.15, 0.2) is 0 Å². The van der Waals surface area contributed by atoms with E-state index in [4.69, 9.17) is 0 Å². The highest BCUT2D eigenvalue weighted by molar-refractivity contribution is 5.94. The number of hydrogen-bond donors (Lipinski definition) is 1. The number of carbonyl (C=O) groups is 1. The molecule has 84 valence electrons. The predicted molar refractivity (Wildman–Crippen MR) is 65.4 cm³/mol. The van der Waals surface area contributed by atoms with E-state index in [-0.39, 0.29) is 5.91 Å². The third kappa shape index (κ3) is 4.02. The molecule has 0 saturated heterocycles. The first-order valence-corrected chi connectivity index (χ1v) is 5.14. The summed E-state index contributed by atoms with van der Waals surface area (Å²) in [6, 6.07) is 7.40. The summed E-state index contributed by atoms with van der Waals surface area (Å²) in [6.45, 7) is 4.00. The zero-order valence-electron chi connectivity index (χ0n) is 10.2. The van der Waals surface area contributed by atoms with Gasteiger partial charge in [0.2, 0.25) is 0 Å². The van der Waals surface area contributed by atoms with Crippen LogP contribution in [0, 0.1) is 0 Å². The SMILES string of the molecule is CC.CNc1ccc(C(=O)N(C)C)cc1. The van der Waals surface area contributed by atoms with Crippen LogP contribution in [-0.2, 0) is 0 Å². The van der Waals surface area contributed by atoms with E-state index in [1.165, 1.54) is 0 Å². The molecule has 0 unspecified atom stereocenters. The van der Waals surface area contributed by atoms with Crippen LogP contribution in [-0.4, -0.2) is 32.0 Å². The van der Waals surface area contributed by atoms with Gasteiger partial charge in [-0.15, -0.1) is 0 Å². The number of rotatable bonds is 2. The minimum atomic E-state index is 0.0302. The number of amides is 1. The van der Waals surface area contributed by atoms with Crippen molar-refractivity contribution in [3.8, 4) is 0 Å². The van der Waals surface area contributed by atoms with E-state index >= 15 is 0 Å². The monoisotopic (exact) mass is 208 g/mol. The molecular weight excluding hydrogens is 188 g/mol. The molecule has 0 radical (unpaired) electrons. The normalized spacial score (nSPS) is 8.60. The van der Waals surface area contributed by atoms with Gasteiger partial charge in [-0.05, 0) is 24.3 Å². The van der Waals surface area contributed by atoms with Crippen LogP contribution in [0.3, 0.4) is 0 Å². The second kappa shape index (κ2) is 6.87. The largest absolute Gasteiger partial charge is 0.388 e. The quantitative estimate of drug-likeness (QED) is 0.809. The molecule has 1 aromatic rings. The summed E-state index contributed by atoms with van der Waals surface area (Å²) >= 11 is 0. The average Bonchev–Trinajstić information content (AvgIpc) is 2.31. The molecule has 0 heterocycles. The molecule has 0 aromatic heterocycles. The summed E-state index contributed by atoms with van der Waals surface area (Å²) in [5.41, 5.74) is 1.72. The highest BCUT2D eigenvalue weighted by Crippen LogP contribution is 2.09. The van der Waals surface area contributed by atoms with Crippen LogP contribution in [0.1, 0.15) is 24.2 Å². The summed E-state index contributed by atoms with van der Waals surface area (Å²) < 4.78 is 0. The smallest absolute Gasteiger partial charge is 0.253 e. The van der Waals surface area contributed by atoms with E-state index in [1.807, 2.05) is 45.2 Å². The fourth-order valence-electron chi connectivity index (χ4n) is 1.04. The second-order valence-electron chi connectivity index (χ2n) is 3.03. The topological polar surface area (TPSA) is 32.3 Å². The minimum absolute atomic E-state index is 0.0302. The Morgan fingerprint density at radius 2 is 1.60 bits per heavy atom. The van der Waals surface area contributed by atoms with Crippen molar-refractivity contribution < 1.29 is 4.79 Å². The summed E-state index contributed by atoms with van der Waals surface area (Å²) in [6.07, 6.45) is 0. The van der Waals surface area contributed by atoms with Crippen molar-refractivity contribution >= 4 is 11.6 Å². The Bertz CT molecular complexity index is 291. The first kappa shape index (κ1) is 13.5. The van der Waals surface area contributed by atoms with Crippen molar-refractivity contribution in [3.63, 3.8) is 0 Å². The third-order valence-corrected chi connectivity index (χ3v) is 1.83. The Morgan fingerprint density at radius 3 is 1.93 bits per heavy atom. The molecule has 3 nitrogen and oxygen atoms in total. The first-order valence-electron chi connectivity index (χ1n) is 5.14. The van der Waals surface area contributed by atoms with Gasteiger partial charge < -0.3 is 10.2 Å². The van der Waals surface area contributed by atoms with E-state index in [1.54, 1.807) is 19.0 Å². The zero-order valence-corrected chi connectivity index (χ0v) is 10.2. The lowest BCUT2D eigenvalue weighted by atomic mass is 10.2. The van der Waals surface area contributed by atoms with Crippen LogP contribution in [0.25, 0.3) is 0 Å². The number of benzene rings is 1. The average molecular weight is 208 g/mol. The van der Waals surface area contributed by atoms with Gasteiger partial charge >= 0.3 is 0 Å².